The van der Waals surface area contributed by atoms with E-state index in [1.807, 2.05) is 6.92 Å². The number of hydrogen-bond donors (Lipinski definition) is 0. The zero-order valence-electron chi connectivity index (χ0n) is 17.7. The summed E-state index contributed by atoms with van der Waals surface area (Å²) in [6.07, 6.45) is 2.26. The van der Waals surface area contributed by atoms with Crippen LogP contribution >= 0.6 is 23.2 Å². The van der Waals surface area contributed by atoms with Crippen molar-refractivity contribution in [2.75, 3.05) is 0 Å². The van der Waals surface area contributed by atoms with Crippen LogP contribution in [0, 0.1) is 28.6 Å². The van der Waals surface area contributed by atoms with E-state index in [4.69, 9.17) is 27.9 Å². The fraction of sp³-hybridized carbons (Fsp3) is 0.739. The molecule has 0 bridgehead atoms. The number of halogens is 4. The van der Waals surface area contributed by atoms with Crippen LogP contribution in [0.4, 0.5) is 8.78 Å². The van der Waals surface area contributed by atoms with Crippen LogP contribution in [0.15, 0.2) is 23.6 Å². The van der Waals surface area contributed by atoms with Crippen molar-refractivity contribution >= 4 is 35.0 Å². The molecule has 0 unspecified atom stereocenters. The molecule has 3 nitrogen and oxygen atoms in total. The molecule has 0 spiro atoms. The van der Waals surface area contributed by atoms with Gasteiger partial charge in [0.1, 0.15) is 12.3 Å². The molecule has 0 aromatic heterocycles. The largest absolute Gasteiger partial charge is 0.461 e. The van der Waals surface area contributed by atoms with Crippen molar-refractivity contribution < 1.29 is 23.1 Å². The fourth-order valence-corrected chi connectivity index (χ4v) is 8.24. The number of fused-ring (bicyclic) bond motifs is 5. The average Bonchev–Trinajstić information content (AvgIpc) is 2.92. The summed E-state index contributed by atoms with van der Waals surface area (Å²) in [6.45, 7) is 7.55. The Morgan fingerprint density at radius 1 is 1.30 bits per heavy atom. The van der Waals surface area contributed by atoms with Gasteiger partial charge in [-0.05, 0) is 43.1 Å². The Morgan fingerprint density at radius 2 is 1.97 bits per heavy atom. The number of hydrogen-bond acceptors (Lipinski definition) is 3. The van der Waals surface area contributed by atoms with E-state index in [0.717, 1.165) is 12.5 Å². The van der Waals surface area contributed by atoms with Crippen molar-refractivity contribution in [3.05, 3.63) is 23.6 Å². The number of rotatable bonds is 2. The number of alkyl halides is 3. The molecule has 4 aliphatic carbocycles. The lowest BCUT2D eigenvalue weighted by molar-refractivity contribution is -0.161. The van der Waals surface area contributed by atoms with Crippen LogP contribution in [0.25, 0.3) is 0 Å². The van der Waals surface area contributed by atoms with Crippen molar-refractivity contribution in [2.24, 2.45) is 28.6 Å². The maximum Gasteiger partial charge on any atom is 0.305 e. The van der Waals surface area contributed by atoms with Crippen molar-refractivity contribution in [3.8, 4) is 0 Å². The van der Waals surface area contributed by atoms with E-state index in [-0.39, 0.29) is 48.2 Å². The molecular formula is C23H28Cl2F2O3. The highest BCUT2D eigenvalue weighted by Crippen LogP contribution is 2.71. The van der Waals surface area contributed by atoms with E-state index >= 15 is 4.39 Å². The zero-order chi connectivity index (χ0) is 22.2. The molecule has 3 saturated carbocycles. The molecule has 7 heteroatoms. The van der Waals surface area contributed by atoms with Gasteiger partial charge in [0.15, 0.2) is 5.83 Å². The van der Waals surface area contributed by atoms with Gasteiger partial charge in [0, 0.05) is 22.8 Å². The van der Waals surface area contributed by atoms with Gasteiger partial charge in [-0.15, -0.1) is 23.2 Å². The Kier molecular flexibility index (Phi) is 5.22. The summed E-state index contributed by atoms with van der Waals surface area (Å²) in [7, 11) is 0. The van der Waals surface area contributed by atoms with Crippen molar-refractivity contribution in [2.45, 2.75) is 75.9 Å². The quantitative estimate of drug-likeness (QED) is 0.392. The first-order valence-corrected chi connectivity index (χ1v) is 11.5. The summed E-state index contributed by atoms with van der Waals surface area (Å²) in [5, 5.41) is -0.614. The molecule has 4 rings (SSSR count). The molecular weight excluding hydrogens is 433 g/mol. The Morgan fingerprint density at radius 3 is 2.60 bits per heavy atom. The minimum Gasteiger partial charge on any atom is -0.461 e. The minimum atomic E-state index is -1.61. The second-order valence-corrected chi connectivity index (χ2v) is 11.1. The zero-order valence-corrected chi connectivity index (χ0v) is 19.2. The molecule has 0 amide bonds. The number of ketones is 1. The topological polar surface area (TPSA) is 43.4 Å². The highest BCUT2D eigenvalue weighted by molar-refractivity contribution is 6.34. The number of allylic oxidation sites excluding steroid dienone is 4. The van der Waals surface area contributed by atoms with Crippen LogP contribution in [0.2, 0.25) is 0 Å². The van der Waals surface area contributed by atoms with Crippen LogP contribution in [0.1, 0.15) is 53.4 Å². The van der Waals surface area contributed by atoms with Crippen LogP contribution in [-0.2, 0) is 14.3 Å². The smallest absolute Gasteiger partial charge is 0.305 e. The Balaban J connectivity index is 1.81. The summed E-state index contributed by atoms with van der Waals surface area (Å²) >= 11 is 14.3. The lowest BCUT2D eigenvalue weighted by Gasteiger charge is -2.63. The second kappa shape index (κ2) is 7.03. The predicted molar refractivity (Wildman–Crippen MR) is 112 cm³/mol. The van der Waals surface area contributed by atoms with Gasteiger partial charge in [0.05, 0.1) is 10.3 Å². The third-order valence-corrected chi connectivity index (χ3v) is 9.98. The fourth-order valence-electron chi connectivity index (χ4n) is 7.03. The Hall–Kier alpha value is -0.940. The maximum atomic E-state index is 15.4. The van der Waals surface area contributed by atoms with Crippen molar-refractivity contribution in [1.82, 2.24) is 0 Å². The van der Waals surface area contributed by atoms with Crippen LogP contribution in [-0.4, -0.2) is 34.3 Å². The van der Waals surface area contributed by atoms with Gasteiger partial charge >= 0.3 is 5.97 Å². The Bertz CT molecular complexity index is 857. The normalized spacial score (nSPS) is 50.1. The van der Waals surface area contributed by atoms with E-state index in [2.05, 4.69) is 6.92 Å². The highest BCUT2D eigenvalue weighted by Gasteiger charge is 2.72. The molecule has 9 atom stereocenters. The monoisotopic (exact) mass is 460 g/mol. The molecule has 3 fully saturated rings. The van der Waals surface area contributed by atoms with Crippen LogP contribution in [0.3, 0.4) is 0 Å². The molecule has 0 aromatic rings. The van der Waals surface area contributed by atoms with Gasteiger partial charge in [-0.25, -0.2) is 8.78 Å². The van der Waals surface area contributed by atoms with E-state index in [9.17, 15) is 14.0 Å². The summed E-state index contributed by atoms with van der Waals surface area (Å²) < 4.78 is 36.1. The molecule has 166 valence electrons. The first-order valence-electron chi connectivity index (χ1n) is 10.7. The summed E-state index contributed by atoms with van der Waals surface area (Å²) in [5.74, 6) is -2.42. The lowest BCUT2D eigenvalue weighted by atomic mass is 9.47. The minimum absolute atomic E-state index is 0.00754. The van der Waals surface area contributed by atoms with E-state index in [0.29, 0.717) is 6.42 Å². The standard InChI is InChI=1S/C23H28Cl2F2O3/c1-5-17(29)30-20-11(2)8-12-13-9-14(26)18-19(27)15(28)6-7-22(18,4)23(13,25)16(24)10-21(12,20)3/h6-7,11-14,16,20H,5,8-10H2,1-4H3/t11-,12+,13+,14+,16+,20-,21+,22+,23+/m1/s1. The van der Waals surface area contributed by atoms with Gasteiger partial charge in [0.2, 0.25) is 5.78 Å². The van der Waals surface area contributed by atoms with E-state index in [1.54, 1.807) is 19.9 Å². The molecule has 0 aliphatic heterocycles. The molecule has 30 heavy (non-hydrogen) atoms. The number of esters is 1. The molecule has 0 aromatic carbocycles. The third kappa shape index (κ3) is 2.66. The van der Waals surface area contributed by atoms with E-state index < -0.39 is 38.9 Å². The first kappa shape index (κ1) is 22.3. The molecule has 0 heterocycles. The van der Waals surface area contributed by atoms with Gasteiger partial charge < -0.3 is 4.74 Å². The average molecular weight is 461 g/mol. The maximum absolute atomic E-state index is 15.4. The predicted octanol–water partition coefficient (Wildman–Crippen LogP) is 5.69. The van der Waals surface area contributed by atoms with Crippen molar-refractivity contribution in [3.63, 3.8) is 0 Å². The van der Waals surface area contributed by atoms with Gasteiger partial charge in [-0.2, -0.15) is 0 Å². The summed E-state index contributed by atoms with van der Waals surface area (Å²) in [5.41, 5.74) is -1.82. The molecule has 0 saturated heterocycles. The number of ether oxygens (including phenoxy) is 1. The number of carbonyl (C=O) groups is 2. The number of carbonyl (C=O) groups excluding carboxylic acids is 2. The Labute approximate surface area is 186 Å². The first-order chi connectivity index (χ1) is 13.9. The van der Waals surface area contributed by atoms with Crippen LogP contribution in [0.5, 0.6) is 0 Å². The van der Waals surface area contributed by atoms with Crippen molar-refractivity contribution in [1.29, 1.82) is 0 Å². The second-order valence-electron chi connectivity index (χ2n) is 9.97. The van der Waals surface area contributed by atoms with Gasteiger partial charge in [-0.1, -0.05) is 33.8 Å². The van der Waals surface area contributed by atoms with E-state index in [1.165, 1.54) is 0 Å². The summed E-state index contributed by atoms with van der Waals surface area (Å²) in [4.78, 5) is 22.9. The van der Waals surface area contributed by atoms with Gasteiger partial charge in [0.25, 0.3) is 0 Å². The third-order valence-electron chi connectivity index (χ3n) is 8.44. The summed E-state index contributed by atoms with van der Waals surface area (Å²) in [6, 6.07) is 0. The molecule has 4 aliphatic rings. The van der Waals surface area contributed by atoms with Gasteiger partial charge in [-0.3, -0.25) is 9.59 Å². The SMILES string of the molecule is CCC(=O)O[C@@H]1[C@H](C)C[C@H]2[C@@H]3C[C@H](F)C4=C(F)C(=O)C=C[C@]4(C)[C@@]3(Cl)[C@@H](Cl)C[C@]12C. The molecule has 0 N–H and O–H groups in total. The lowest BCUT2D eigenvalue weighted by Crippen LogP contribution is -2.66. The van der Waals surface area contributed by atoms with Crippen LogP contribution < -0.4 is 0 Å². The highest BCUT2D eigenvalue weighted by atomic mass is 35.5. The molecule has 0 radical (unpaired) electrons.